The molecule has 6 heteroatoms. The first-order chi connectivity index (χ1) is 12.7. The van der Waals surface area contributed by atoms with Gasteiger partial charge >= 0.3 is 0 Å². The molecule has 1 N–H and O–H groups in total. The number of aryl methyl sites for hydroxylation is 1. The van der Waals surface area contributed by atoms with Crippen LogP contribution in [-0.4, -0.2) is 32.9 Å². The highest BCUT2D eigenvalue weighted by Gasteiger charge is 2.07. The second kappa shape index (κ2) is 10.1. The van der Waals surface area contributed by atoms with E-state index < -0.39 is 0 Å². The van der Waals surface area contributed by atoms with Gasteiger partial charge in [-0.3, -0.25) is 4.79 Å². The van der Waals surface area contributed by atoms with Crippen LogP contribution in [0.15, 0.2) is 47.6 Å². The minimum atomic E-state index is -0.347. The number of ether oxygens (including phenoxy) is 3. The van der Waals surface area contributed by atoms with Crippen molar-refractivity contribution >= 4 is 12.1 Å². The van der Waals surface area contributed by atoms with Crippen LogP contribution in [0, 0.1) is 0 Å². The number of hydrazone groups is 1. The number of hydrogen-bond donors (Lipinski definition) is 1. The van der Waals surface area contributed by atoms with Crippen molar-refractivity contribution in [3.63, 3.8) is 0 Å². The maximum absolute atomic E-state index is 11.8. The van der Waals surface area contributed by atoms with Gasteiger partial charge in [-0.1, -0.05) is 31.5 Å². The average Bonchev–Trinajstić information content (AvgIpc) is 2.67. The van der Waals surface area contributed by atoms with Crippen LogP contribution >= 0.6 is 0 Å². The van der Waals surface area contributed by atoms with E-state index >= 15 is 0 Å². The number of nitrogens with one attached hydrogen (secondary N) is 1. The van der Waals surface area contributed by atoms with Crippen LogP contribution in [-0.2, 0) is 11.2 Å². The summed E-state index contributed by atoms with van der Waals surface area (Å²) < 4.78 is 16.0. The Morgan fingerprint density at radius 1 is 1.12 bits per heavy atom. The third-order valence-electron chi connectivity index (χ3n) is 3.66. The molecular weight excluding hydrogens is 332 g/mol. The Balaban J connectivity index is 1.86. The zero-order valence-electron chi connectivity index (χ0n) is 15.3. The summed E-state index contributed by atoms with van der Waals surface area (Å²) in [6.45, 7) is 2.02. The van der Waals surface area contributed by atoms with E-state index in [2.05, 4.69) is 17.5 Å². The number of para-hydroxylation sites is 1. The van der Waals surface area contributed by atoms with Crippen molar-refractivity contribution in [2.24, 2.45) is 5.10 Å². The van der Waals surface area contributed by atoms with Crippen LogP contribution in [0.5, 0.6) is 17.2 Å². The quantitative estimate of drug-likeness (QED) is 0.553. The van der Waals surface area contributed by atoms with E-state index in [0.717, 1.165) is 12.8 Å². The topological polar surface area (TPSA) is 69.2 Å². The van der Waals surface area contributed by atoms with Crippen molar-refractivity contribution in [3.8, 4) is 17.2 Å². The number of benzene rings is 2. The van der Waals surface area contributed by atoms with Gasteiger partial charge in [0.1, 0.15) is 5.75 Å². The van der Waals surface area contributed by atoms with Gasteiger partial charge in [0.05, 0.1) is 20.4 Å². The lowest BCUT2D eigenvalue weighted by molar-refractivity contribution is -0.123. The molecule has 0 aliphatic heterocycles. The first-order valence-corrected chi connectivity index (χ1v) is 8.42. The van der Waals surface area contributed by atoms with Crippen molar-refractivity contribution < 1.29 is 19.0 Å². The molecule has 2 aromatic carbocycles. The first-order valence-electron chi connectivity index (χ1n) is 8.42. The summed E-state index contributed by atoms with van der Waals surface area (Å²) in [4.78, 5) is 11.8. The van der Waals surface area contributed by atoms with Crippen LogP contribution in [0.4, 0.5) is 0 Å². The fourth-order valence-electron chi connectivity index (χ4n) is 2.41. The molecule has 1 amide bonds. The second-order valence-electron chi connectivity index (χ2n) is 5.56. The molecule has 0 radical (unpaired) electrons. The molecule has 0 unspecified atom stereocenters. The SMILES string of the molecule is CCCc1ccc(OCC(=O)N/N=C/c2cccc(OC)c2OC)cc1. The van der Waals surface area contributed by atoms with Gasteiger partial charge < -0.3 is 14.2 Å². The molecule has 0 aliphatic rings. The van der Waals surface area contributed by atoms with Gasteiger partial charge in [-0.15, -0.1) is 0 Å². The van der Waals surface area contributed by atoms with Gasteiger partial charge in [0, 0.05) is 5.56 Å². The molecule has 26 heavy (non-hydrogen) atoms. The minimum Gasteiger partial charge on any atom is -0.493 e. The number of methoxy groups -OCH3 is 2. The zero-order chi connectivity index (χ0) is 18.8. The number of rotatable bonds is 9. The molecule has 0 saturated carbocycles. The lowest BCUT2D eigenvalue weighted by atomic mass is 10.1. The van der Waals surface area contributed by atoms with Crippen molar-refractivity contribution in [3.05, 3.63) is 53.6 Å². The van der Waals surface area contributed by atoms with Crippen LogP contribution in [0.1, 0.15) is 24.5 Å². The molecule has 138 valence electrons. The lowest BCUT2D eigenvalue weighted by Crippen LogP contribution is -2.24. The number of hydrogen-bond acceptors (Lipinski definition) is 5. The van der Waals surface area contributed by atoms with Gasteiger partial charge in [0.15, 0.2) is 18.1 Å². The van der Waals surface area contributed by atoms with Gasteiger partial charge in [0.2, 0.25) is 0 Å². The molecule has 0 heterocycles. The minimum absolute atomic E-state index is 0.111. The number of carbonyl (C=O) groups excluding carboxylic acids is 1. The molecule has 0 saturated heterocycles. The summed E-state index contributed by atoms with van der Waals surface area (Å²) >= 11 is 0. The van der Waals surface area contributed by atoms with Gasteiger partial charge in [-0.05, 0) is 36.2 Å². The maximum Gasteiger partial charge on any atom is 0.277 e. The highest BCUT2D eigenvalue weighted by atomic mass is 16.5. The number of carbonyl (C=O) groups is 1. The molecule has 0 atom stereocenters. The zero-order valence-corrected chi connectivity index (χ0v) is 15.3. The smallest absolute Gasteiger partial charge is 0.277 e. The molecule has 0 aliphatic carbocycles. The van der Waals surface area contributed by atoms with E-state index in [4.69, 9.17) is 14.2 Å². The molecule has 0 bridgehead atoms. The third kappa shape index (κ3) is 5.51. The first kappa shape index (κ1) is 19.3. The molecular formula is C20H24N2O4. The predicted molar refractivity (Wildman–Crippen MR) is 101 cm³/mol. The van der Waals surface area contributed by atoms with Crippen LogP contribution < -0.4 is 19.6 Å². The van der Waals surface area contributed by atoms with Crippen molar-refractivity contribution in [2.75, 3.05) is 20.8 Å². The van der Waals surface area contributed by atoms with Crippen LogP contribution in [0.25, 0.3) is 0 Å². The highest BCUT2D eigenvalue weighted by molar-refractivity contribution is 5.86. The van der Waals surface area contributed by atoms with E-state index in [0.29, 0.717) is 22.8 Å². The van der Waals surface area contributed by atoms with Crippen molar-refractivity contribution in [1.29, 1.82) is 0 Å². The molecule has 0 fully saturated rings. The number of nitrogens with zero attached hydrogens (tertiary/aromatic N) is 1. The Labute approximate surface area is 153 Å². The number of amides is 1. The monoisotopic (exact) mass is 356 g/mol. The Hall–Kier alpha value is -3.02. The van der Waals surface area contributed by atoms with E-state index in [1.165, 1.54) is 11.8 Å². The fraction of sp³-hybridized carbons (Fsp3) is 0.300. The third-order valence-corrected chi connectivity index (χ3v) is 3.66. The molecule has 6 nitrogen and oxygen atoms in total. The molecule has 0 spiro atoms. The van der Waals surface area contributed by atoms with E-state index in [1.807, 2.05) is 36.4 Å². The Morgan fingerprint density at radius 3 is 2.54 bits per heavy atom. The summed E-state index contributed by atoms with van der Waals surface area (Å²) in [5.41, 5.74) is 4.38. The summed E-state index contributed by atoms with van der Waals surface area (Å²) in [5, 5.41) is 3.94. The molecule has 2 aromatic rings. The van der Waals surface area contributed by atoms with Gasteiger partial charge in [-0.25, -0.2) is 5.43 Å². The predicted octanol–water partition coefficient (Wildman–Crippen LogP) is 3.19. The van der Waals surface area contributed by atoms with E-state index in [-0.39, 0.29) is 12.5 Å². The summed E-state index contributed by atoms with van der Waals surface area (Å²) in [7, 11) is 3.11. The average molecular weight is 356 g/mol. The summed E-state index contributed by atoms with van der Waals surface area (Å²) in [6, 6.07) is 13.1. The Kier molecular flexibility index (Phi) is 7.49. The standard InChI is InChI=1S/C20H24N2O4/c1-4-6-15-9-11-17(12-10-15)26-14-19(23)22-21-13-16-7-5-8-18(24-2)20(16)25-3/h5,7-13H,4,6,14H2,1-3H3,(H,22,23)/b21-13+. The fourth-order valence-corrected chi connectivity index (χ4v) is 2.41. The summed E-state index contributed by atoms with van der Waals surface area (Å²) in [5.74, 6) is 1.45. The second-order valence-corrected chi connectivity index (χ2v) is 5.56. The van der Waals surface area contributed by atoms with Crippen molar-refractivity contribution in [2.45, 2.75) is 19.8 Å². The van der Waals surface area contributed by atoms with Gasteiger partial charge in [0.25, 0.3) is 5.91 Å². The van der Waals surface area contributed by atoms with Crippen LogP contribution in [0.3, 0.4) is 0 Å². The van der Waals surface area contributed by atoms with E-state index in [1.54, 1.807) is 20.3 Å². The van der Waals surface area contributed by atoms with Gasteiger partial charge in [-0.2, -0.15) is 5.10 Å². The molecule has 0 aromatic heterocycles. The van der Waals surface area contributed by atoms with E-state index in [9.17, 15) is 4.79 Å². The highest BCUT2D eigenvalue weighted by Crippen LogP contribution is 2.29. The van der Waals surface area contributed by atoms with Crippen LogP contribution in [0.2, 0.25) is 0 Å². The normalized spacial score (nSPS) is 10.6. The Morgan fingerprint density at radius 2 is 1.88 bits per heavy atom. The lowest BCUT2D eigenvalue weighted by Gasteiger charge is -2.09. The van der Waals surface area contributed by atoms with Crippen molar-refractivity contribution in [1.82, 2.24) is 5.43 Å². The largest absolute Gasteiger partial charge is 0.493 e. The summed E-state index contributed by atoms with van der Waals surface area (Å²) in [6.07, 6.45) is 3.63. The maximum atomic E-state index is 11.8. The molecule has 2 rings (SSSR count). The Bertz CT molecular complexity index is 742.